The van der Waals surface area contributed by atoms with Crippen molar-refractivity contribution < 1.29 is 22.6 Å². The third kappa shape index (κ3) is 7.98. The van der Waals surface area contributed by atoms with Crippen molar-refractivity contribution in [3.05, 3.63) is 29.8 Å². The molecular formula is C17H25F3IN3O2. The van der Waals surface area contributed by atoms with Crippen LogP contribution in [0.4, 0.5) is 13.2 Å². The van der Waals surface area contributed by atoms with Crippen molar-refractivity contribution in [1.29, 1.82) is 0 Å². The molecule has 9 heteroatoms. The molecule has 0 spiro atoms. The molecule has 2 N–H and O–H groups in total. The fraction of sp³-hybridized carbons (Fsp3) is 0.588. The number of nitrogens with one attached hydrogen (secondary N) is 2. The summed E-state index contributed by atoms with van der Waals surface area (Å²) < 4.78 is 46.3. The maximum absolute atomic E-state index is 12.1. The first-order valence-electron chi connectivity index (χ1n) is 8.18. The summed E-state index contributed by atoms with van der Waals surface area (Å²) in [6.45, 7) is 6.23. The molecule has 1 aromatic rings. The fourth-order valence-electron chi connectivity index (χ4n) is 2.22. The molecule has 0 saturated carbocycles. The minimum Gasteiger partial charge on any atom is -0.484 e. The molecular weight excluding hydrogens is 462 g/mol. The summed E-state index contributed by atoms with van der Waals surface area (Å²) in [6.07, 6.45) is -4.34. The van der Waals surface area contributed by atoms with Crippen LogP contribution in [0.2, 0.25) is 0 Å². The third-order valence-electron chi connectivity index (χ3n) is 3.67. The Bertz CT molecular complexity index is 576. The van der Waals surface area contributed by atoms with E-state index < -0.39 is 12.8 Å². The van der Waals surface area contributed by atoms with Gasteiger partial charge in [-0.2, -0.15) is 13.2 Å². The van der Waals surface area contributed by atoms with Gasteiger partial charge in [-0.1, -0.05) is 19.1 Å². The number of aliphatic imine (C=N–C) groups is 1. The van der Waals surface area contributed by atoms with Gasteiger partial charge in [0, 0.05) is 18.5 Å². The molecule has 2 rings (SSSR count). The molecule has 0 radical (unpaired) electrons. The molecule has 1 fully saturated rings. The van der Waals surface area contributed by atoms with Crippen LogP contribution in [0.25, 0.3) is 0 Å². The Morgan fingerprint density at radius 1 is 1.23 bits per heavy atom. The summed E-state index contributed by atoms with van der Waals surface area (Å²) >= 11 is 0. The van der Waals surface area contributed by atoms with Gasteiger partial charge in [0.05, 0.1) is 19.8 Å². The Balaban J connectivity index is 0.00000338. The van der Waals surface area contributed by atoms with Crippen LogP contribution in [0.3, 0.4) is 0 Å². The van der Waals surface area contributed by atoms with E-state index in [-0.39, 0.29) is 35.1 Å². The average molecular weight is 487 g/mol. The Morgan fingerprint density at radius 3 is 2.38 bits per heavy atom. The highest BCUT2D eigenvalue weighted by Crippen LogP contribution is 2.25. The minimum atomic E-state index is -4.34. The lowest BCUT2D eigenvalue weighted by molar-refractivity contribution is -0.153. The van der Waals surface area contributed by atoms with Crippen molar-refractivity contribution in [2.75, 3.05) is 32.9 Å². The van der Waals surface area contributed by atoms with Gasteiger partial charge in [0.1, 0.15) is 5.75 Å². The average Bonchev–Trinajstić information content (AvgIpc) is 2.54. The number of alkyl halides is 3. The van der Waals surface area contributed by atoms with E-state index in [0.29, 0.717) is 12.5 Å². The maximum Gasteiger partial charge on any atom is 0.422 e. The molecule has 26 heavy (non-hydrogen) atoms. The number of hydrogen-bond acceptors (Lipinski definition) is 3. The molecule has 0 aliphatic carbocycles. The molecule has 0 bridgehead atoms. The van der Waals surface area contributed by atoms with Gasteiger partial charge in [-0.05, 0) is 24.6 Å². The van der Waals surface area contributed by atoms with Crippen LogP contribution in [-0.4, -0.2) is 45.0 Å². The lowest BCUT2D eigenvalue weighted by atomic mass is 9.89. The summed E-state index contributed by atoms with van der Waals surface area (Å²) in [4.78, 5) is 4.49. The predicted molar refractivity (Wildman–Crippen MR) is 105 cm³/mol. The number of benzene rings is 1. The first kappa shape index (κ1) is 22.8. The SMILES string of the molecule is CCNC(=NCc1ccc(OCC(F)(F)F)cc1)NCC1(C)COC1.I. The van der Waals surface area contributed by atoms with Crippen LogP contribution in [0.15, 0.2) is 29.3 Å². The molecule has 0 aromatic heterocycles. The van der Waals surface area contributed by atoms with Crippen LogP contribution < -0.4 is 15.4 Å². The monoisotopic (exact) mass is 487 g/mol. The second kappa shape index (κ2) is 10.2. The molecule has 0 amide bonds. The molecule has 0 atom stereocenters. The van der Waals surface area contributed by atoms with E-state index in [1.54, 1.807) is 12.1 Å². The minimum absolute atomic E-state index is 0. The Kier molecular flexibility index (Phi) is 8.94. The second-order valence-electron chi connectivity index (χ2n) is 6.40. The summed E-state index contributed by atoms with van der Waals surface area (Å²) in [5, 5.41) is 6.46. The third-order valence-corrected chi connectivity index (χ3v) is 3.67. The van der Waals surface area contributed by atoms with Gasteiger partial charge in [-0.15, -0.1) is 24.0 Å². The van der Waals surface area contributed by atoms with Gasteiger partial charge < -0.3 is 20.1 Å². The summed E-state index contributed by atoms with van der Waals surface area (Å²) in [6, 6.07) is 6.45. The van der Waals surface area contributed by atoms with Crippen LogP contribution in [0.1, 0.15) is 19.4 Å². The summed E-state index contributed by atoms with van der Waals surface area (Å²) in [7, 11) is 0. The van der Waals surface area contributed by atoms with Crippen molar-refractivity contribution in [3.63, 3.8) is 0 Å². The first-order chi connectivity index (χ1) is 11.8. The zero-order chi connectivity index (χ0) is 18.3. The second-order valence-corrected chi connectivity index (χ2v) is 6.40. The van der Waals surface area contributed by atoms with Crippen molar-refractivity contribution in [2.45, 2.75) is 26.6 Å². The number of rotatable bonds is 7. The fourth-order valence-corrected chi connectivity index (χ4v) is 2.22. The summed E-state index contributed by atoms with van der Waals surface area (Å²) in [5.74, 6) is 0.890. The van der Waals surface area contributed by atoms with Gasteiger partial charge in [-0.25, -0.2) is 4.99 Å². The highest BCUT2D eigenvalue weighted by molar-refractivity contribution is 14.0. The largest absolute Gasteiger partial charge is 0.484 e. The van der Waals surface area contributed by atoms with Crippen molar-refractivity contribution in [2.24, 2.45) is 10.4 Å². The number of halogens is 4. The number of ether oxygens (including phenoxy) is 2. The standard InChI is InChI=1S/C17H24F3N3O2.HI/c1-3-21-15(23-9-16(2)10-24-11-16)22-8-13-4-6-14(7-5-13)25-12-17(18,19)20;/h4-7H,3,8-12H2,1-2H3,(H2,21,22,23);1H. The predicted octanol–water partition coefficient (Wildman–Crippen LogP) is 3.34. The Hall–Kier alpha value is -1.23. The zero-order valence-electron chi connectivity index (χ0n) is 14.9. The maximum atomic E-state index is 12.1. The van der Waals surface area contributed by atoms with E-state index in [1.165, 1.54) is 12.1 Å². The van der Waals surface area contributed by atoms with Crippen LogP contribution in [-0.2, 0) is 11.3 Å². The molecule has 5 nitrogen and oxygen atoms in total. The van der Waals surface area contributed by atoms with E-state index in [0.717, 1.165) is 31.9 Å². The van der Waals surface area contributed by atoms with Gasteiger partial charge in [0.25, 0.3) is 0 Å². The van der Waals surface area contributed by atoms with Crippen LogP contribution >= 0.6 is 24.0 Å². The van der Waals surface area contributed by atoms with Gasteiger partial charge in [0.2, 0.25) is 0 Å². The van der Waals surface area contributed by atoms with Crippen LogP contribution in [0.5, 0.6) is 5.75 Å². The molecule has 1 heterocycles. The van der Waals surface area contributed by atoms with E-state index >= 15 is 0 Å². The van der Waals surface area contributed by atoms with Gasteiger partial charge in [-0.3, -0.25) is 0 Å². The molecule has 1 saturated heterocycles. The highest BCUT2D eigenvalue weighted by Gasteiger charge is 2.33. The normalized spacial score (nSPS) is 16.3. The molecule has 0 unspecified atom stereocenters. The van der Waals surface area contributed by atoms with Crippen LogP contribution in [0, 0.1) is 5.41 Å². The number of guanidine groups is 1. The molecule has 1 aromatic carbocycles. The summed E-state index contributed by atoms with van der Waals surface area (Å²) in [5.41, 5.74) is 1.02. The smallest absolute Gasteiger partial charge is 0.422 e. The van der Waals surface area contributed by atoms with E-state index in [9.17, 15) is 13.2 Å². The van der Waals surface area contributed by atoms with Gasteiger partial charge >= 0.3 is 6.18 Å². The van der Waals surface area contributed by atoms with E-state index in [4.69, 9.17) is 4.74 Å². The topological polar surface area (TPSA) is 54.9 Å². The lowest BCUT2D eigenvalue weighted by Gasteiger charge is -2.38. The Morgan fingerprint density at radius 2 is 1.88 bits per heavy atom. The number of nitrogens with zero attached hydrogens (tertiary/aromatic N) is 1. The van der Waals surface area contributed by atoms with Gasteiger partial charge in [0.15, 0.2) is 12.6 Å². The van der Waals surface area contributed by atoms with Crippen molar-refractivity contribution in [3.8, 4) is 5.75 Å². The highest BCUT2D eigenvalue weighted by atomic mass is 127. The number of hydrogen-bond donors (Lipinski definition) is 2. The zero-order valence-corrected chi connectivity index (χ0v) is 17.2. The molecule has 1 aliphatic rings. The molecule has 148 valence electrons. The first-order valence-corrected chi connectivity index (χ1v) is 8.18. The van der Waals surface area contributed by atoms with E-state index in [2.05, 4.69) is 27.3 Å². The van der Waals surface area contributed by atoms with Crippen molar-refractivity contribution >= 4 is 29.9 Å². The quantitative estimate of drug-likeness (QED) is 0.352. The van der Waals surface area contributed by atoms with E-state index in [1.807, 2.05) is 6.92 Å². The Labute approximate surface area is 168 Å². The van der Waals surface area contributed by atoms with Crippen molar-refractivity contribution in [1.82, 2.24) is 10.6 Å². The lowest BCUT2D eigenvalue weighted by Crippen LogP contribution is -2.51. The molecule has 1 aliphatic heterocycles.